The molecule has 0 aromatic carbocycles. The molecule has 2 rings (SSSR count). The zero-order valence-corrected chi connectivity index (χ0v) is 8.41. The molecule has 0 aliphatic carbocycles. The van der Waals surface area contributed by atoms with Crippen LogP contribution in [0.25, 0.3) is 0 Å². The molecule has 0 spiro atoms. The minimum Gasteiger partial charge on any atom is -0.321 e. The highest BCUT2D eigenvalue weighted by Gasteiger charge is 2.12. The molecule has 0 radical (unpaired) electrons. The molecule has 78 valence electrons. The minimum absolute atomic E-state index is 0.242. The third-order valence-electron chi connectivity index (χ3n) is 2.13. The number of aryl methyl sites for hydroxylation is 1. The number of nitrogens with zero attached hydrogens (tertiary/aromatic N) is 5. The maximum Gasteiger partial charge on any atom is 0.145 e. The van der Waals surface area contributed by atoms with Crippen LogP contribution in [0.15, 0.2) is 24.8 Å². The van der Waals surface area contributed by atoms with E-state index in [0.29, 0.717) is 12.2 Å². The van der Waals surface area contributed by atoms with E-state index in [1.807, 2.05) is 7.05 Å². The predicted molar refractivity (Wildman–Crippen MR) is 53.7 cm³/mol. The van der Waals surface area contributed by atoms with Crippen LogP contribution in [-0.4, -0.2) is 24.7 Å². The van der Waals surface area contributed by atoms with Crippen molar-refractivity contribution in [3.63, 3.8) is 0 Å². The van der Waals surface area contributed by atoms with Crippen molar-refractivity contribution in [2.45, 2.75) is 12.5 Å². The van der Waals surface area contributed by atoms with Crippen LogP contribution in [0.2, 0.25) is 0 Å². The normalized spacial score (nSPS) is 12.7. The summed E-state index contributed by atoms with van der Waals surface area (Å²) in [7, 11) is 1.83. The smallest absolute Gasteiger partial charge is 0.145 e. The Morgan fingerprint density at radius 1 is 1.33 bits per heavy atom. The van der Waals surface area contributed by atoms with Gasteiger partial charge in [0.05, 0.1) is 6.04 Å². The largest absolute Gasteiger partial charge is 0.321 e. The quantitative estimate of drug-likeness (QED) is 0.751. The lowest BCUT2D eigenvalue weighted by Crippen LogP contribution is -2.18. The summed E-state index contributed by atoms with van der Waals surface area (Å²) in [6, 6.07) is 1.52. The number of aromatic nitrogens is 5. The fourth-order valence-corrected chi connectivity index (χ4v) is 1.30. The van der Waals surface area contributed by atoms with E-state index in [4.69, 9.17) is 5.73 Å². The summed E-state index contributed by atoms with van der Waals surface area (Å²) in [5, 5.41) is 3.97. The Bertz CT molecular complexity index is 423. The summed E-state index contributed by atoms with van der Waals surface area (Å²) in [5.74, 6) is 1.45. The van der Waals surface area contributed by atoms with Gasteiger partial charge >= 0.3 is 0 Å². The summed E-state index contributed by atoms with van der Waals surface area (Å²) in [6.45, 7) is 0. The third-order valence-corrected chi connectivity index (χ3v) is 2.13. The molecule has 0 bridgehead atoms. The Balaban J connectivity index is 2.11. The van der Waals surface area contributed by atoms with Gasteiger partial charge in [0.25, 0.3) is 0 Å². The van der Waals surface area contributed by atoms with Gasteiger partial charge in [-0.1, -0.05) is 0 Å². The van der Waals surface area contributed by atoms with Gasteiger partial charge in [-0.05, 0) is 6.07 Å². The molecule has 6 heteroatoms. The molecule has 2 aromatic heterocycles. The molecule has 1 atom stereocenters. The van der Waals surface area contributed by atoms with Gasteiger partial charge in [-0.3, -0.25) is 4.68 Å². The van der Waals surface area contributed by atoms with Crippen molar-refractivity contribution < 1.29 is 0 Å². The molecule has 15 heavy (non-hydrogen) atoms. The molecular formula is C9H12N6. The van der Waals surface area contributed by atoms with Gasteiger partial charge in [-0.25, -0.2) is 15.0 Å². The highest BCUT2D eigenvalue weighted by atomic mass is 15.3. The van der Waals surface area contributed by atoms with Crippen molar-refractivity contribution in [1.29, 1.82) is 0 Å². The van der Waals surface area contributed by atoms with E-state index >= 15 is 0 Å². The molecule has 0 saturated carbocycles. The molecule has 0 saturated heterocycles. The first-order valence-corrected chi connectivity index (χ1v) is 4.62. The van der Waals surface area contributed by atoms with Crippen LogP contribution in [0.3, 0.4) is 0 Å². The maximum absolute atomic E-state index is 5.95. The summed E-state index contributed by atoms with van der Waals surface area (Å²) in [6.07, 6.45) is 5.45. The zero-order valence-electron chi connectivity index (χ0n) is 8.41. The lowest BCUT2D eigenvalue weighted by molar-refractivity contribution is 0.604. The Morgan fingerprint density at radius 2 is 2.07 bits per heavy atom. The second-order valence-corrected chi connectivity index (χ2v) is 3.22. The average molecular weight is 204 g/mol. The van der Waals surface area contributed by atoms with E-state index in [-0.39, 0.29) is 6.04 Å². The van der Waals surface area contributed by atoms with E-state index in [1.54, 1.807) is 23.1 Å². The monoisotopic (exact) mass is 204 g/mol. The van der Waals surface area contributed by atoms with Crippen molar-refractivity contribution in [3.8, 4) is 0 Å². The standard InChI is InChI=1S/C9H12N6/c1-15-8(13-6-14-15)5-7(10)9-11-3-2-4-12-9/h2-4,6-7H,5,10H2,1H3. The lowest BCUT2D eigenvalue weighted by atomic mass is 10.2. The Labute approximate surface area is 87.2 Å². The first kappa shape index (κ1) is 9.72. The van der Waals surface area contributed by atoms with Crippen LogP contribution < -0.4 is 5.73 Å². The van der Waals surface area contributed by atoms with Crippen molar-refractivity contribution in [3.05, 3.63) is 36.4 Å². The van der Waals surface area contributed by atoms with Gasteiger partial charge in [0, 0.05) is 25.9 Å². The van der Waals surface area contributed by atoms with Gasteiger partial charge in [0.15, 0.2) is 0 Å². The van der Waals surface area contributed by atoms with Crippen LogP contribution in [0.1, 0.15) is 17.7 Å². The van der Waals surface area contributed by atoms with Crippen molar-refractivity contribution in [1.82, 2.24) is 24.7 Å². The molecular weight excluding hydrogens is 192 g/mol. The molecule has 6 nitrogen and oxygen atoms in total. The van der Waals surface area contributed by atoms with Crippen LogP contribution in [-0.2, 0) is 13.5 Å². The molecule has 0 fully saturated rings. The SMILES string of the molecule is Cn1ncnc1CC(N)c1ncccn1. The average Bonchev–Trinajstić information content (AvgIpc) is 2.66. The van der Waals surface area contributed by atoms with Crippen LogP contribution in [0, 0.1) is 0 Å². The van der Waals surface area contributed by atoms with Gasteiger partial charge in [-0.15, -0.1) is 0 Å². The number of hydrogen-bond donors (Lipinski definition) is 1. The van der Waals surface area contributed by atoms with Crippen molar-refractivity contribution in [2.24, 2.45) is 12.8 Å². The Hall–Kier alpha value is -1.82. The number of nitrogens with two attached hydrogens (primary N) is 1. The molecule has 2 heterocycles. The highest BCUT2D eigenvalue weighted by molar-refractivity contribution is 4.99. The van der Waals surface area contributed by atoms with E-state index in [9.17, 15) is 0 Å². The molecule has 2 N–H and O–H groups in total. The van der Waals surface area contributed by atoms with Gasteiger partial charge in [0.2, 0.25) is 0 Å². The van der Waals surface area contributed by atoms with Gasteiger partial charge in [0.1, 0.15) is 18.0 Å². The highest BCUT2D eigenvalue weighted by Crippen LogP contribution is 2.08. The third kappa shape index (κ3) is 2.16. The molecule has 0 aliphatic rings. The minimum atomic E-state index is -0.242. The summed E-state index contributed by atoms with van der Waals surface area (Å²) < 4.78 is 1.70. The number of rotatable bonds is 3. The van der Waals surface area contributed by atoms with Gasteiger partial charge < -0.3 is 5.73 Å². The van der Waals surface area contributed by atoms with Crippen molar-refractivity contribution >= 4 is 0 Å². The van der Waals surface area contributed by atoms with Crippen LogP contribution in [0.5, 0.6) is 0 Å². The topological polar surface area (TPSA) is 82.5 Å². The molecule has 0 amide bonds. The predicted octanol–water partition coefficient (Wildman–Crippen LogP) is -0.152. The maximum atomic E-state index is 5.95. The second kappa shape index (κ2) is 4.14. The van der Waals surface area contributed by atoms with Crippen LogP contribution in [0.4, 0.5) is 0 Å². The Morgan fingerprint density at radius 3 is 2.67 bits per heavy atom. The first-order chi connectivity index (χ1) is 7.27. The van der Waals surface area contributed by atoms with E-state index in [0.717, 1.165) is 5.82 Å². The summed E-state index contributed by atoms with van der Waals surface area (Å²) >= 11 is 0. The Kier molecular flexibility index (Phi) is 2.68. The van der Waals surface area contributed by atoms with E-state index < -0.39 is 0 Å². The first-order valence-electron chi connectivity index (χ1n) is 4.62. The lowest BCUT2D eigenvalue weighted by Gasteiger charge is -2.08. The fraction of sp³-hybridized carbons (Fsp3) is 0.333. The summed E-state index contributed by atoms with van der Waals surface area (Å²) in [5.41, 5.74) is 5.95. The number of hydrogen-bond acceptors (Lipinski definition) is 5. The fourth-order valence-electron chi connectivity index (χ4n) is 1.30. The second-order valence-electron chi connectivity index (χ2n) is 3.22. The van der Waals surface area contributed by atoms with E-state index in [1.165, 1.54) is 6.33 Å². The molecule has 0 aliphatic heterocycles. The van der Waals surface area contributed by atoms with E-state index in [2.05, 4.69) is 20.1 Å². The zero-order chi connectivity index (χ0) is 10.7. The summed E-state index contributed by atoms with van der Waals surface area (Å²) in [4.78, 5) is 12.3. The molecule has 2 aromatic rings. The van der Waals surface area contributed by atoms with Crippen molar-refractivity contribution in [2.75, 3.05) is 0 Å². The van der Waals surface area contributed by atoms with Crippen LogP contribution >= 0.6 is 0 Å². The van der Waals surface area contributed by atoms with Gasteiger partial charge in [-0.2, -0.15) is 5.10 Å². The molecule has 1 unspecified atom stereocenters.